The number of carbonyl (C=O) groups is 2. The molecule has 4 rings (SSSR count). The number of rotatable bonds is 8. The van der Waals surface area contributed by atoms with Gasteiger partial charge >= 0.3 is 0 Å². The highest BCUT2D eigenvalue weighted by Crippen LogP contribution is 2.29. The van der Waals surface area contributed by atoms with Gasteiger partial charge in [-0.25, -0.2) is 13.5 Å². The van der Waals surface area contributed by atoms with Gasteiger partial charge in [0.2, 0.25) is 5.91 Å². The number of likely N-dealkylation sites (tertiary alicyclic amines) is 1. The topological polar surface area (TPSA) is 101 Å². The number of carbonyl (C=O) groups excluding carboxylic acids is 2. The summed E-state index contributed by atoms with van der Waals surface area (Å²) >= 11 is 0. The average molecular weight is 505 g/mol. The molecule has 196 valence electrons. The van der Waals surface area contributed by atoms with Gasteiger partial charge in [0.25, 0.3) is 5.91 Å². The fourth-order valence-corrected chi connectivity index (χ4v) is 5.23. The van der Waals surface area contributed by atoms with Crippen molar-refractivity contribution in [2.75, 3.05) is 26.8 Å². The highest BCUT2D eigenvalue weighted by Gasteiger charge is 2.39. The third-order valence-corrected chi connectivity index (χ3v) is 6.99. The maximum atomic E-state index is 14.1. The van der Waals surface area contributed by atoms with E-state index >= 15 is 0 Å². The second-order valence-corrected chi connectivity index (χ2v) is 10.4. The highest BCUT2D eigenvalue weighted by atomic mass is 19.1. The summed E-state index contributed by atoms with van der Waals surface area (Å²) in [6.07, 6.45) is 6.56. The van der Waals surface area contributed by atoms with Crippen LogP contribution >= 0.6 is 0 Å². The van der Waals surface area contributed by atoms with Crippen LogP contribution in [0, 0.1) is 17.6 Å². The summed E-state index contributed by atoms with van der Waals surface area (Å²) < 4.78 is 33.7. The molecule has 1 saturated carbocycles. The van der Waals surface area contributed by atoms with E-state index in [1.54, 1.807) is 7.11 Å². The average Bonchev–Trinajstić information content (AvgIpc) is 3.52. The Balaban J connectivity index is 1.48. The predicted molar refractivity (Wildman–Crippen MR) is 129 cm³/mol. The van der Waals surface area contributed by atoms with Gasteiger partial charge < -0.3 is 15.4 Å². The number of methoxy groups -OCH3 is 1. The highest BCUT2D eigenvalue weighted by molar-refractivity contribution is 5.92. The Morgan fingerprint density at radius 1 is 1.19 bits per heavy atom. The number of aromatic nitrogens is 3. The number of benzene rings is 1. The van der Waals surface area contributed by atoms with Crippen LogP contribution < -0.4 is 10.6 Å². The molecule has 11 heteroatoms. The van der Waals surface area contributed by atoms with Crippen LogP contribution in [-0.2, 0) is 9.53 Å². The Morgan fingerprint density at radius 2 is 1.94 bits per heavy atom. The van der Waals surface area contributed by atoms with E-state index in [-0.39, 0.29) is 17.3 Å². The lowest BCUT2D eigenvalue weighted by atomic mass is 9.89. The Labute approximate surface area is 209 Å². The Hall–Kier alpha value is -2.92. The lowest BCUT2D eigenvalue weighted by molar-refractivity contribution is -0.130. The number of nitrogens with one attached hydrogen (secondary N) is 2. The van der Waals surface area contributed by atoms with Crippen molar-refractivity contribution in [2.24, 2.45) is 5.92 Å². The SMILES string of the molecule is COCC(C)(C)NC(=O)[C@@H]1CN(C2CCCC2)CC[C@H]1NC(=O)c1cn(-c2ccc(F)cc2F)nn1. The molecule has 0 unspecified atom stereocenters. The van der Waals surface area contributed by atoms with Crippen LogP contribution in [0.3, 0.4) is 0 Å². The number of hydrogen-bond donors (Lipinski definition) is 2. The Morgan fingerprint density at radius 3 is 2.64 bits per heavy atom. The zero-order valence-corrected chi connectivity index (χ0v) is 21.0. The van der Waals surface area contributed by atoms with Crippen molar-refractivity contribution in [3.05, 3.63) is 41.7 Å². The Kier molecular flexibility index (Phi) is 7.99. The number of halogens is 2. The monoisotopic (exact) mass is 504 g/mol. The summed E-state index contributed by atoms with van der Waals surface area (Å²) in [5, 5.41) is 13.7. The van der Waals surface area contributed by atoms with Gasteiger partial charge in [-0.2, -0.15) is 0 Å². The van der Waals surface area contributed by atoms with E-state index in [1.807, 2.05) is 13.8 Å². The fourth-order valence-electron chi connectivity index (χ4n) is 5.23. The van der Waals surface area contributed by atoms with E-state index in [0.29, 0.717) is 25.6 Å². The molecule has 36 heavy (non-hydrogen) atoms. The second kappa shape index (κ2) is 11.0. The number of hydrogen-bond acceptors (Lipinski definition) is 6. The fraction of sp³-hybridized carbons (Fsp3) is 0.600. The third-order valence-electron chi connectivity index (χ3n) is 6.99. The van der Waals surface area contributed by atoms with E-state index in [0.717, 1.165) is 36.2 Å². The van der Waals surface area contributed by atoms with E-state index in [1.165, 1.54) is 25.1 Å². The van der Waals surface area contributed by atoms with Crippen molar-refractivity contribution >= 4 is 11.8 Å². The molecule has 1 aromatic carbocycles. The summed E-state index contributed by atoms with van der Waals surface area (Å²) in [7, 11) is 1.59. The van der Waals surface area contributed by atoms with Gasteiger partial charge in [0, 0.05) is 38.3 Å². The second-order valence-electron chi connectivity index (χ2n) is 10.4. The van der Waals surface area contributed by atoms with Crippen LogP contribution in [0.25, 0.3) is 5.69 Å². The van der Waals surface area contributed by atoms with Crippen LogP contribution in [0.15, 0.2) is 24.4 Å². The molecule has 0 spiro atoms. The summed E-state index contributed by atoms with van der Waals surface area (Å²) in [6.45, 7) is 5.49. The number of ether oxygens (including phenoxy) is 1. The van der Waals surface area contributed by atoms with Crippen molar-refractivity contribution < 1.29 is 23.1 Å². The van der Waals surface area contributed by atoms with Crippen LogP contribution in [0.4, 0.5) is 8.78 Å². The molecule has 2 aromatic rings. The molecule has 2 atom stereocenters. The van der Waals surface area contributed by atoms with Gasteiger partial charge in [-0.1, -0.05) is 18.1 Å². The number of piperidine rings is 1. The van der Waals surface area contributed by atoms with Crippen LogP contribution in [0.1, 0.15) is 56.4 Å². The molecule has 9 nitrogen and oxygen atoms in total. The molecular weight excluding hydrogens is 470 g/mol. The zero-order chi connectivity index (χ0) is 25.9. The van der Waals surface area contributed by atoms with Crippen LogP contribution in [0.2, 0.25) is 0 Å². The first-order chi connectivity index (χ1) is 17.2. The summed E-state index contributed by atoms with van der Waals surface area (Å²) in [5.41, 5.74) is -0.598. The summed E-state index contributed by atoms with van der Waals surface area (Å²) in [6, 6.07) is 3.13. The molecule has 1 aliphatic carbocycles. The van der Waals surface area contributed by atoms with E-state index in [2.05, 4.69) is 25.8 Å². The zero-order valence-electron chi connectivity index (χ0n) is 21.0. The first-order valence-corrected chi connectivity index (χ1v) is 12.4. The smallest absolute Gasteiger partial charge is 0.273 e. The molecule has 2 N–H and O–H groups in total. The Bertz CT molecular complexity index is 1090. The molecule has 0 radical (unpaired) electrons. The van der Waals surface area contributed by atoms with Gasteiger partial charge in [0.05, 0.1) is 24.3 Å². The number of amides is 2. The van der Waals surface area contributed by atoms with Crippen molar-refractivity contribution in [3.8, 4) is 5.69 Å². The van der Waals surface area contributed by atoms with Gasteiger partial charge in [0.1, 0.15) is 11.5 Å². The molecule has 2 amide bonds. The molecule has 2 aliphatic rings. The predicted octanol–water partition coefficient (Wildman–Crippen LogP) is 2.45. The molecule has 1 saturated heterocycles. The molecule has 2 heterocycles. The molecule has 0 bridgehead atoms. The van der Waals surface area contributed by atoms with Gasteiger partial charge in [0.15, 0.2) is 11.5 Å². The molecule has 1 aromatic heterocycles. The van der Waals surface area contributed by atoms with E-state index in [9.17, 15) is 18.4 Å². The lowest BCUT2D eigenvalue weighted by Gasteiger charge is -2.41. The van der Waals surface area contributed by atoms with Gasteiger partial charge in [-0.3, -0.25) is 14.5 Å². The maximum Gasteiger partial charge on any atom is 0.273 e. The van der Waals surface area contributed by atoms with E-state index < -0.39 is 35.0 Å². The van der Waals surface area contributed by atoms with Gasteiger partial charge in [-0.15, -0.1) is 5.10 Å². The maximum absolute atomic E-state index is 14.1. The third kappa shape index (κ3) is 6.07. The minimum absolute atomic E-state index is 0.0178. The quantitative estimate of drug-likeness (QED) is 0.573. The summed E-state index contributed by atoms with van der Waals surface area (Å²) in [5.74, 6) is -2.62. The minimum atomic E-state index is -0.818. The van der Waals surface area contributed by atoms with Crippen molar-refractivity contribution in [2.45, 2.75) is 63.6 Å². The van der Waals surface area contributed by atoms with Crippen molar-refractivity contribution in [1.29, 1.82) is 0 Å². The van der Waals surface area contributed by atoms with Crippen LogP contribution in [0.5, 0.6) is 0 Å². The molecule has 2 fully saturated rings. The minimum Gasteiger partial charge on any atom is -0.382 e. The molecular formula is C25H34F2N6O3. The van der Waals surface area contributed by atoms with Crippen LogP contribution in [-0.4, -0.2) is 76.1 Å². The standard InChI is InChI=1S/C25H34F2N6O3/c1-25(2,15-36-3)29-23(34)18-13-32(17-6-4-5-7-17)11-10-20(18)28-24(35)21-14-33(31-30-21)22-9-8-16(26)12-19(22)27/h8-9,12,14,17-18,20H,4-7,10-11,13,15H2,1-3H3,(H,28,35)(H,29,34)/t18-,20-/m1/s1. The van der Waals surface area contributed by atoms with E-state index in [4.69, 9.17) is 4.74 Å². The van der Waals surface area contributed by atoms with Crippen molar-refractivity contribution in [3.63, 3.8) is 0 Å². The summed E-state index contributed by atoms with van der Waals surface area (Å²) in [4.78, 5) is 28.8. The normalized spacial score (nSPS) is 21.5. The van der Waals surface area contributed by atoms with Crippen molar-refractivity contribution in [1.82, 2.24) is 30.5 Å². The first kappa shape index (κ1) is 26.2. The largest absolute Gasteiger partial charge is 0.382 e. The van der Waals surface area contributed by atoms with Gasteiger partial charge in [-0.05, 0) is 45.2 Å². The first-order valence-electron chi connectivity index (χ1n) is 12.4. The lowest BCUT2D eigenvalue weighted by Crippen LogP contribution is -2.60. The number of nitrogens with zero attached hydrogens (tertiary/aromatic N) is 4. The molecule has 1 aliphatic heterocycles.